The fourth-order valence-corrected chi connectivity index (χ4v) is 1.15. The Kier molecular flexibility index (Phi) is 4.59. The predicted octanol–water partition coefficient (Wildman–Crippen LogP) is 1.77. The largest absolute Gasteiger partial charge is 0.504 e. The summed E-state index contributed by atoms with van der Waals surface area (Å²) < 4.78 is 0. The summed E-state index contributed by atoms with van der Waals surface area (Å²) in [7, 11) is 0. The van der Waals surface area contributed by atoms with Gasteiger partial charge >= 0.3 is 5.97 Å². The number of nitrogen functional groups attached to an aromatic ring is 1. The van der Waals surface area contributed by atoms with Gasteiger partial charge in [-0.15, -0.1) is 0 Å². The Hall–Kier alpha value is -2.89. The van der Waals surface area contributed by atoms with Gasteiger partial charge in [-0.3, -0.25) is 0 Å². The summed E-state index contributed by atoms with van der Waals surface area (Å²) in [6.07, 6.45) is 0. The van der Waals surface area contributed by atoms with E-state index >= 15 is 0 Å². The number of carbonyl (C=O) groups is 1. The number of anilines is 1. The van der Waals surface area contributed by atoms with Gasteiger partial charge in [0.05, 0.1) is 5.56 Å². The van der Waals surface area contributed by atoms with Crippen LogP contribution in [0, 0.1) is 0 Å². The van der Waals surface area contributed by atoms with Gasteiger partial charge in [-0.25, -0.2) is 4.79 Å². The second-order valence-electron chi connectivity index (χ2n) is 3.57. The lowest BCUT2D eigenvalue weighted by atomic mass is 10.2. The van der Waals surface area contributed by atoms with E-state index in [-0.39, 0.29) is 17.1 Å². The van der Waals surface area contributed by atoms with Crippen molar-refractivity contribution >= 4 is 11.7 Å². The molecule has 0 aliphatic heterocycles. The summed E-state index contributed by atoms with van der Waals surface area (Å²) in [5.41, 5.74) is 6.17. The number of aromatic carboxylic acids is 1. The third-order valence-corrected chi connectivity index (χ3v) is 2.15. The molecule has 0 aromatic heterocycles. The minimum Gasteiger partial charge on any atom is -0.504 e. The Morgan fingerprint density at radius 3 is 1.74 bits per heavy atom. The molecule has 6 N–H and O–H groups in total. The van der Waals surface area contributed by atoms with Crippen molar-refractivity contribution in [2.45, 2.75) is 0 Å². The summed E-state index contributed by atoms with van der Waals surface area (Å²) in [6, 6.07) is 10.1. The van der Waals surface area contributed by atoms with Crippen LogP contribution >= 0.6 is 0 Å². The van der Waals surface area contributed by atoms with Crippen LogP contribution in [0.1, 0.15) is 10.4 Å². The van der Waals surface area contributed by atoms with Crippen LogP contribution in [0.3, 0.4) is 0 Å². The molecule has 0 bridgehead atoms. The Bertz CT molecular complexity index is 545. The summed E-state index contributed by atoms with van der Waals surface area (Å²) >= 11 is 0. The predicted molar refractivity (Wildman–Crippen MR) is 69.3 cm³/mol. The average Bonchev–Trinajstić information content (AvgIpc) is 2.37. The maximum atomic E-state index is 10.3. The van der Waals surface area contributed by atoms with E-state index in [1.54, 1.807) is 12.1 Å². The lowest BCUT2D eigenvalue weighted by molar-refractivity contribution is 0.0697. The first-order valence-corrected chi connectivity index (χ1v) is 5.20. The second-order valence-corrected chi connectivity index (χ2v) is 3.57. The van der Waals surface area contributed by atoms with E-state index in [0.717, 1.165) is 0 Å². The van der Waals surface area contributed by atoms with Gasteiger partial charge in [0.15, 0.2) is 17.2 Å². The van der Waals surface area contributed by atoms with E-state index in [4.69, 9.17) is 26.2 Å². The standard InChI is InChI=1S/C7H7NO2.C6H6O3/c8-6-3-1-5(2-4-6)7(9)10;7-4-2-1-3-5(8)6(4)9/h1-4H,8H2,(H,9,10);1-3,7-9H. The molecule has 6 nitrogen and oxygen atoms in total. The molecule has 2 rings (SSSR count). The first kappa shape index (κ1) is 14.2. The number of carboxylic acid groups (broad SMARTS) is 1. The Labute approximate surface area is 109 Å². The van der Waals surface area contributed by atoms with E-state index in [9.17, 15) is 4.79 Å². The molecule has 0 amide bonds. The van der Waals surface area contributed by atoms with E-state index in [0.29, 0.717) is 5.69 Å². The highest BCUT2D eigenvalue weighted by atomic mass is 16.4. The number of phenols is 3. The number of para-hydroxylation sites is 1. The van der Waals surface area contributed by atoms with Gasteiger partial charge in [0.1, 0.15) is 0 Å². The fourth-order valence-electron chi connectivity index (χ4n) is 1.15. The molecule has 0 spiro atoms. The Balaban J connectivity index is 0.000000191. The fraction of sp³-hybridized carbons (Fsp3) is 0. The van der Waals surface area contributed by atoms with Crippen LogP contribution in [-0.4, -0.2) is 26.4 Å². The van der Waals surface area contributed by atoms with E-state index in [2.05, 4.69) is 0 Å². The SMILES string of the molecule is Nc1ccc(C(=O)O)cc1.Oc1cccc(O)c1O. The molecule has 0 aliphatic rings. The van der Waals surface area contributed by atoms with Crippen molar-refractivity contribution in [3.63, 3.8) is 0 Å². The molecule has 0 atom stereocenters. The first-order chi connectivity index (χ1) is 8.91. The molecular formula is C13H13NO5. The summed E-state index contributed by atoms with van der Waals surface area (Å²) in [4.78, 5) is 10.3. The van der Waals surface area contributed by atoms with Crippen LogP contribution in [0.15, 0.2) is 42.5 Å². The van der Waals surface area contributed by atoms with Crippen molar-refractivity contribution in [1.82, 2.24) is 0 Å². The third-order valence-electron chi connectivity index (χ3n) is 2.15. The van der Waals surface area contributed by atoms with Crippen molar-refractivity contribution in [1.29, 1.82) is 0 Å². The van der Waals surface area contributed by atoms with Crippen LogP contribution in [0.4, 0.5) is 5.69 Å². The molecule has 6 heteroatoms. The zero-order valence-electron chi connectivity index (χ0n) is 9.82. The number of hydrogen-bond donors (Lipinski definition) is 5. The Morgan fingerprint density at radius 1 is 0.895 bits per heavy atom. The summed E-state index contributed by atoms with van der Waals surface area (Å²) in [6.45, 7) is 0. The zero-order chi connectivity index (χ0) is 14.4. The average molecular weight is 263 g/mol. The van der Waals surface area contributed by atoms with Crippen molar-refractivity contribution in [3.8, 4) is 17.2 Å². The van der Waals surface area contributed by atoms with Gasteiger partial charge in [-0.1, -0.05) is 6.07 Å². The maximum absolute atomic E-state index is 10.3. The number of carboxylic acids is 1. The van der Waals surface area contributed by atoms with E-state index < -0.39 is 11.7 Å². The Morgan fingerprint density at radius 2 is 1.37 bits per heavy atom. The van der Waals surface area contributed by atoms with Crippen LogP contribution in [0.25, 0.3) is 0 Å². The molecule has 19 heavy (non-hydrogen) atoms. The van der Waals surface area contributed by atoms with Crippen LogP contribution in [-0.2, 0) is 0 Å². The number of aromatic hydroxyl groups is 3. The molecule has 0 saturated heterocycles. The van der Waals surface area contributed by atoms with Gasteiger partial charge in [-0.2, -0.15) is 0 Å². The van der Waals surface area contributed by atoms with Crippen molar-refractivity contribution in [3.05, 3.63) is 48.0 Å². The van der Waals surface area contributed by atoms with Crippen molar-refractivity contribution < 1.29 is 25.2 Å². The number of rotatable bonds is 1. The third kappa shape index (κ3) is 4.12. The molecule has 0 saturated carbocycles. The van der Waals surface area contributed by atoms with Gasteiger partial charge in [0.2, 0.25) is 0 Å². The minimum atomic E-state index is -0.931. The van der Waals surface area contributed by atoms with E-state index in [1.807, 2.05) is 0 Å². The van der Waals surface area contributed by atoms with Gasteiger partial charge < -0.3 is 26.2 Å². The molecule has 0 fully saturated rings. The minimum absolute atomic E-state index is 0.259. The lowest BCUT2D eigenvalue weighted by Gasteiger charge is -1.96. The van der Waals surface area contributed by atoms with Gasteiger partial charge in [0, 0.05) is 5.69 Å². The van der Waals surface area contributed by atoms with E-state index in [1.165, 1.54) is 30.3 Å². The number of nitrogens with two attached hydrogens (primary N) is 1. The molecule has 0 heterocycles. The van der Waals surface area contributed by atoms with Gasteiger partial charge in [-0.05, 0) is 36.4 Å². The summed E-state index contributed by atoms with van der Waals surface area (Å²) in [5.74, 6) is -2.03. The first-order valence-electron chi connectivity index (χ1n) is 5.20. The molecule has 0 aliphatic carbocycles. The molecule has 2 aromatic carbocycles. The molecule has 100 valence electrons. The quantitative estimate of drug-likeness (QED) is 0.394. The number of phenolic OH excluding ortho intramolecular Hbond substituents is 3. The normalized spacial score (nSPS) is 9.26. The smallest absolute Gasteiger partial charge is 0.335 e. The van der Waals surface area contributed by atoms with Crippen molar-refractivity contribution in [2.75, 3.05) is 5.73 Å². The highest BCUT2D eigenvalue weighted by Crippen LogP contribution is 2.32. The maximum Gasteiger partial charge on any atom is 0.335 e. The van der Waals surface area contributed by atoms with Crippen LogP contribution < -0.4 is 5.73 Å². The lowest BCUT2D eigenvalue weighted by Crippen LogP contribution is -1.95. The van der Waals surface area contributed by atoms with Gasteiger partial charge in [0.25, 0.3) is 0 Å². The topological polar surface area (TPSA) is 124 Å². The molecular weight excluding hydrogens is 250 g/mol. The number of benzene rings is 2. The second kappa shape index (κ2) is 6.15. The van der Waals surface area contributed by atoms with Crippen LogP contribution in [0.2, 0.25) is 0 Å². The molecule has 0 radical (unpaired) electrons. The summed E-state index contributed by atoms with van der Waals surface area (Å²) in [5, 5.41) is 34.5. The molecule has 0 unspecified atom stereocenters. The zero-order valence-corrected chi connectivity index (χ0v) is 9.82. The highest BCUT2D eigenvalue weighted by Gasteiger charge is 2.01. The number of hydrogen-bond acceptors (Lipinski definition) is 5. The molecule has 2 aromatic rings. The van der Waals surface area contributed by atoms with Crippen molar-refractivity contribution in [2.24, 2.45) is 0 Å². The monoisotopic (exact) mass is 263 g/mol. The van der Waals surface area contributed by atoms with Crippen LogP contribution in [0.5, 0.6) is 17.2 Å². The highest BCUT2D eigenvalue weighted by molar-refractivity contribution is 5.87.